The second-order valence-corrected chi connectivity index (χ2v) is 4.01. The number of hydrogen-bond donors (Lipinski definition) is 3. The summed E-state index contributed by atoms with van der Waals surface area (Å²) >= 11 is 0. The molecule has 3 rings (SSSR count). The van der Waals surface area contributed by atoms with Crippen LogP contribution in [0.1, 0.15) is 10.4 Å². The third-order valence-corrected chi connectivity index (χ3v) is 2.61. The van der Waals surface area contributed by atoms with Gasteiger partial charge in [-0.2, -0.15) is 4.98 Å². The third kappa shape index (κ3) is 2.81. The summed E-state index contributed by atoms with van der Waals surface area (Å²) in [6, 6.07) is 6.12. The van der Waals surface area contributed by atoms with E-state index in [1.807, 2.05) is 0 Å². The SMILES string of the molecule is O=C(O)c1ccc(N/N=N/c2nc3ncncc3[nH]2)cc1. The molecule has 0 bridgehead atoms. The van der Waals surface area contributed by atoms with Gasteiger partial charge in [0.2, 0.25) is 0 Å². The maximum absolute atomic E-state index is 10.7. The smallest absolute Gasteiger partial charge is 0.335 e. The Hall–Kier alpha value is -3.36. The highest BCUT2D eigenvalue weighted by Crippen LogP contribution is 2.14. The van der Waals surface area contributed by atoms with Gasteiger partial charge in [0.05, 0.1) is 17.4 Å². The van der Waals surface area contributed by atoms with E-state index in [0.717, 1.165) is 0 Å². The average Bonchev–Trinajstić information content (AvgIpc) is 2.90. The van der Waals surface area contributed by atoms with Crippen LogP contribution in [0, 0.1) is 0 Å². The third-order valence-electron chi connectivity index (χ3n) is 2.61. The first-order valence-corrected chi connectivity index (χ1v) is 5.88. The Morgan fingerprint density at radius 3 is 2.81 bits per heavy atom. The molecule has 1 aromatic carbocycles. The molecule has 0 amide bonds. The van der Waals surface area contributed by atoms with Crippen LogP contribution >= 0.6 is 0 Å². The Labute approximate surface area is 117 Å². The number of aromatic carboxylic acids is 1. The summed E-state index contributed by atoms with van der Waals surface area (Å²) in [6.07, 6.45) is 2.98. The summed E-state index contributed by atoms with van der Waals surface area (Å²) in [5, 5.41) is 16.4. The fourth-order valence-corrected chi connectivity index (χ4v) is 1.61. The fraction of sp³-hybridized carbons (Fsp3) is 0. The zero-order valence-electron chi connectivity index (χ0n) is 10.6. The number of carboxylic acids is 1. The van der Waals surface area contributed by atoms with Gasteiger partial charge in [-0.15, -0.1) is 0 Å². The summed E-state index contributed by atoms with van der Waals surface area (Å²) in [7, 11) is 0. The minimum atomic E-state index is -0.980. The van der Waals surface area contributed by atoms with Gasteiger partial charge in [-0.25, -0.2) is 14.8 Å². The summed E-state index contributed by atoms with van der Waals surface area (Å²) in [5.41, 5.74) is 4.65. The lowest BCUT2D eigenvalue weighted by Crippen LogP contribution is -1.95. The van der Waals surface area contributed by atoms with Crippen molar-refractivity contribution >= 4 is 28.8 Å². The molecule has 104 valence electrons. The van der Waals surface area contributed by atoms with E-state index in [1.165, 1.54) is 18.5 Å². The molecule has 2 heterocycles. The van der Waals surface area contributed by atoms with Crippen LogP contribution in [0.3, 0.4) is 0 Å². The Morgan fingerprint density at radius 2 is 2.10 bits per heavy atom. The Balaban J connectivity index is 1.70. The van der Waals surface area contributed by atoms with Gasteiger partial charge in [-0.1, -0.05) is 10.3 Å². The normalized spacial score (nSPS) is 11.0. The molecule has 0 saturated heterocycles. The van der Waals surface area contributed by atoms with Crippen LogP contribution in [0.4, 0.5) is 11.6 Å². The molecule has 0 aliphatic rings. The highest BCUT2D eigenvalue weighted by atomic mass is 16.4. The van der Waals surface area contributed by atoms with E-state index in [4.69, 9.17) is 5.11 Å². The lowest BCUT2D eigenvalue weighted by atomic mass is 10.2. The fourth-order valence-electron chi connectivity index (χ4n) is 1.61. The van der Waals surface area contributed by atoms with Crippen LogP contribution in [0.2, 0.25) is 0 Å². The average molecular weight is 283 g/mol. The summed E-state index contributed by atoms with van der Waals surface area (Å²) in [6.45, 7) is 0. The lowest BCUT2D eigenvalue weighted by Gasteiger charge is -1.98. The van der Waals surface area contributed by atoms with Gasteiger partial charge in [0.1, 0.15) is 11.8 Å². The number of nitrogens with one attached hydrogen (secondary N) is 2. The molecule has 2 aromatic heterocycles. The van der Waals surface area contributed by atoms with Crippen LogP contribution in [0.15, 0.2) is 47.1 Å². The van der Waals surface area contributed by atoms with Crippen molar-refractivity contribution in [2.24, 2.45) is 10.3 Å². The van der Waals surface area contributed by atoms with Crippen molar-refractivity contribution in [2.75, 3.05) is 5.43 Å². The number of hydrogen-bond acceptors (Lipinski definition) is 6. The summed E-state index contributed by atoms with van der Waals surface area (Å²) in [5.74, 6) is -0.688. The standard InChI is InChI=1S/C12H9N7O2/c20-11(21)7-1-3-8(4-2-7)17-19-18-12-15-9-5-13-6-14-10(9)16-12/h1-6H,(H,20,21)(H2,13,14,15,16,17,18). The van der Waals surface area contributed by atoms with Crippen molar-refractivity contribution in [1.29, 1.82) is 0 Å². The number of nitrogens with zero attached hydrogens (tertiary/aromatic N) is 5. The Bertz CT molecular complexity index is 777. The van der Waals surface area contributed by atoms with Gasteiger partial charge < -0.3 is 10.1 Å². The number of imidazole rings is 1. The zero-order valence-corrected chi connectivity index (χ0v) is 10.6. The van der Waals surface area contributed by atoms with E-state index < -0.39 is 5.97 Å². The monoisotopic (exact) mass is 283 g/mol. The van der Waals surface area contributed by atoms with Crippen LogP contribution in [0.25, 0.3) is 11.2 Å². The number of carbonyl (C=O) groups is 1. The van der Waals surface area contributed by atoms with Crippen LogP contribution in [0.5, 0.6) is 0 Å². The molecular formula is C12H9N7O2. The molecule has 0 aliphatic heterocycles. The van der Waals surface area contributed by atoms with Gasteiger partial charge in [0, 0.05) is 0 Å². The van der Waals surface area contributed by atoms with Crippen LogP contribution < -0.4 is 5.43 Å². The number of benzene rings is 1. The minimum absolute atomic E-state index is 0.202. The van der Waals surface area contributed by atoms with E-state index in [0.29, 0.717) is 22.8 Å². The molecule has 0 saturated carbocycles. The predicted octanol–water partition coefficient (Wildman–Crippen LogP) is 2.16. The van der Waals surface area contributed by atoms with Crippen molar-refractivity contribution in [1.82, 2.24) is 19.9 Å². The van der Waals surface area contributed by atoms with Crippen molar-refractivity contribution in [3.05, 3.63) is 42.4 Å². The van der Waals surface area contributed by atoms with Gasteiger partial charge in [0.15, 0.2) is 5.65 Å². The topological polar surface area (TPSA) is 129 Å². The second-order valence-electron chi connectivity index (χ2n) is 4.01. The quantitative estimate of drug-likeness (QED) is 0.497. The number of aromatic amines is 1. The number of anilines is 1. The molecule has 21 heavy (non-hydrogen) atoms. The van der Waals surface area contributed by atoms with E-state index in [9.17, 15) is 4.79 Å². The molecule has 0 aliphatic carbocycles. The molecular weight excluding hydrogens is 274 g/mol. The molecule has 9 heteroatoms. The molecule has 0 unspecified atom stereocenters. The van der Waals surface area contributed by atoms with Crippen molar-refractivity contribution in [3.63, 3.8) is 0 Å². The number of H-pyrrole nitrogens is 1. The van der Waals surface area contributed by atoms with Crippen LogP contribution in [-0.2, 0) is 0 Å². The van der Waals surface area contributed by atoms with E-state index in [1.54, 1.807) is 18.3 Å². The zero-order chi connectivity index (χ0) is 14.7. The maximum atomic E-state index is 10.7. The van der Waals surface area contributed by atoms with Crippen LogP contribution in [-0.4, -0.2) is 31.0 Å². The largest absolute Gasteiger partial charge is 0.478 e. The van der Waals surface area contributed by atoms with E-state index >= 15 is 0 Å². The molecule has 0 spiro atoms. The summed E-state index contributed by atoms with van der Waals surface area (Å²) in [4.78, 5) is 25.5. The first-order valence-electron chi connectivity index (χ1n) is 5.88. The molecule has 9 nitrogen and oxygen atoms in total. The second kappa shape index (κ2) is 5.33. The first-order chi connectivity index (χ1) is 10.2. The Kier molecular flexibility index (Phi) is 3.21. The van der Waals surface area contributed by atoms with Gasteiger partial charge in [-0.3, -0.25) is 5.43 Å². The van der Waals surface area contributed by atoms with Crippen molar-refractivity contribution < 1.29 is 9.90 Å². The van der Waals surface area contributed by atoms with Gasteiger partial charge >= 0.3 is 5.97 Å². The number of aromatic nitrogens is 4. The van der Waals surface area contributed by atoms with Gasteiger partial charge in [-0.05, 0) is 24.3 Å². The maximum Gasteiger partial charge on any atom is 0.335 e. The lowest BCUT2D eigenvalue weighted by molar-refractivity contribution is 0.0697. The van der Waals surface area contributed by atoms with Crippen molar-refractivity contribution in [3.8, 4) is 0 Å². The molecule has 0 fully saturated rings. The predicted molar refractivity (Wildman–Crippen MR) is 73.2 cm³/mol. The number of carboxylic acid groups (broad SMARTS) is 1. The molecule has 0 atom stereocenters. The Morgan fingerprint density at radius 1 is 1.29 bits per heavy atom. The summed E-state index contributed by atoms with van der Waals surface area (Å²) < 4.78 is 0. The van der Waals surface area contributed by atoms with E-state index in [-0.39, 0.29) is 5.56 Å². The highest BCUT2D eigenvalue weighted by molar-refractivity contribution is 5.87. The first kappa shape index (κ1) is 12.7. The molecule has 0 radical (unpaired) electrons. The van der Waals surface area contributed by atoms with Gasteiger partial charge in [0.25, 0.3) is 5.95 Å². The molecule has 3 aromatic rings. The van der Waals surface area contributed by atoms with Crippen molar-refractivity contribution in [2.45, 2.75) is 0 Å². The highest BCUT2D eigenvalue weighted by Gasteiger charge is 2.02. The number of rotatable bonds is 4. The number of fused-ring (bicyclic) bond motifs is 1. The molecule has 3 N–H and O–H groups in total. The minimum Gasteiger partial charge on any atom is -0.478 e. The van der Waals surface area contributed by atoms with E-state index in [2.05, 4.69) is 35.7 Å².